The lowest BCUT2D eigenvalue weighted by Gasteiger charge is -2.35. The zero-order chi connectivity index (χ0) is 22.0. The van der Waals surface area contributed by atoms with Crippen LogP contribution in [0.15, 0.2) is 54.7 Å². The Kier molecular flexibility index (Phi) is 6.05. The summed E-state index contributed by atoms with van der Waals surface area (Å²) in [6.45, 7) is 5.99. The van der Waals surface area contributed by atoms with Gasteiger partial charge in [-0.3, -0.25) is 4.79 Å². The van der Waals surface area contributed by atoms with E-state index < -0.39 is 17.7 Å². The van der Waals surface area contributed by atoms with E-state index in [1.165, 1.54) is 12.1 Å². The van der Waals surface area contributed by atoms with Gasteiger partial charge in [-0.25, -0.2) is 0 Å². The van der Waals surface area contributed by atoms with Crippen molar-refractivity contribution in [3.05, 3.63) is 71.4 Å². The number of nitrogens with zero attached hydrogens (tertiary/aromatic N) is 2. The predicted octanol–water partition coefficient (Wildman–Crippen LogP) is 4.87. The topological polar surface area (TPSA) is 39.3 Å². The van der Waals surface area contributed by atoms with E-state index in [2.05, 4.69) is 16.8 Å². The number of rotatable bonds is 5. The van der Waals surface area contributed by atoms with Gasteiger partial charge in [-0.15, -0.1) is 0 Å². The summed E-state index contributed by atoms with van der Waals surface area (Å²) in [4.78, 5) is 20.5. The highest BCUT2D eigenvalue weighted by Crippen LogP contribution is 2.37. The van der Waals surface area contributed by atoms with Crippen LogP contribution in [-0.4, -0.2) is 53.4 Å². The maximum absolute atomic E-state index is 13.4. The number of amides is 1. The van der Waals surface area contributed by atoms with Gasteiger partial charge in [0.2, 0.25) is 5.91 Å². The molecule has 7 heteroatoms. The van der Waals surface area contributed by atoms with E-state index in [0.717, 1.165) is 42.2 Å². The number of aromatic amines is 1. The van der Waals surface area contributed by atoms with Crippen LogP contribution >= 0.6 is 0 Å². The monoisotopic (exact) mass is 429 g/mol. The molecule has 164 valence electrons. The van der Waals surface area contributed by atoms with Gasteiger partial charge in [0.25, 0.3) is 0 Å². The maximum atomic E-state index is 13.4. The first kappa shape index (κ1) is 21.4. The molecule has 1 fully saturated rings. The van der Waals surface area contributed by atoms with E-state index in [9.17, 15) is 18.0 Å². The van der Waals surface area contributed by atoms with E-state index >= 15 is 0 Å². The Morgan fingerprint density at radius 3 is 2.52 bits per heavy atom. The minimum Gasteiger partial charge on any atom is -0.361 e. The molecule has 1 aliphatic rings. The van der Waals surface area contributed by atoms with Crippen LogP contribution in [0.3, 0.4) is 0 Å². The lowest BCUT2D eigenvalue weighted by Crippen LogP contribution is -2.48. The number of halogens is 3. The highest BCUT2D eigenvalue weighted by atomic mass is 19.4. The van der Waals surface area contributed by atoms with Crippen molar-refractivity contribution in [1.29, 1.82) is 0 Å². The van der Waals surface area contributed by atoms with Crippen LogP contribution in [0.4, 0.5) is 13.2 Å². The zero-order valence-electron chi connectivity index (χ0n) is 17.5. The first-order valence-electron chi connectivity index (χ1n) is 10.6. The number of nitrogens with one attached hydrogen (secondary N) is 1. The fourth-order valence-corrected chi connectivity index (χ4v) is 4.34. The van der Waals surface area contributed by atoms with Gasteiger partial charge < -0.3 is 14.8 Å². The number of hydrogen-bond donors (Lipinski definition) is 1. The number of para-hydroxylation sites is 1. The Bertz CT molecular complexity index is 1050. The molecule has 0 unspecified atom stereocenters. The average Bonchev–Trinajstić information content (AvgIpc) is 3.21. The van der Waals surface area contributed by atoms with Crippen molar-refractivity contribution in [3.63, 3.8) is 0 Å². The number of fused-ring (bicyclic) bond motifs is 1. The van der Waals surface area contributed by atoms with Crippen LogP contribution in [-0.2, 0) is 11.0 Å². The van der Waals surface area contributed by atoms with Gasteiger partial charge in [0, 0.05) is 55.6 Å². The van der Waals surface area contributed by atoms with Gasteiger partial charge in [-0.05, 0) is 29.8 Å². The van der Waals surface area contributed by atoms with Gasteiger partial charge in [0.05, 0.1) is 5.56 Å². The molecule has 0 radical (unpaired) electrons. The van der Waals surface area contributed by atoms with Crippen molar-refractivity contribution in [2.75, 3.05) is 32.7 Å². The highest BCUT2D eigenvalue weighted by Gasteiger charge is 2.32. The van der Waals surface area contributed by atoms with Crippen molar-refractivity contribution in [3.8, 4) is 0 Å². The second kappa shape index (κ2) is 8.75. The molecule has 4 nitrogen and oxygen atoms in total. The van der Waals surface area contributed by atoms with Crippen LogP contribution in [0.2, 0.25) is 0 Å². The second-order valence-corrected chi connectivity index (χ2v) is 7.98. The van der Waals surface area contributed by atoms with Crippen molar-refractivity contribution in [1.82, 2.24) is 14.8 Å². The molecule has 2 heterocycles. The third kappa shape index (κ3) is 4.61. The second-order valence-electron chi connectivity index (χ2n) is 7.98. The molecule has 1 N–H and O–H groups in total. The Hall–Kier alpha value is -2.80. The van der Waals surface area contributed by atoms with Crippen molar-refractivity contribution in [2.45, 2.75) is 25.4 Å². The van der Waals surface area contributed by atoms with Crippen molar-refractivity contribution >= 4 is 16.8 Å². The molecule has 0 bridgehead atoms. The van der Waals surface area contributed by atoms with Gasteiger partial charge in [0.15, 0.2) is 0 Å². The van der Waals surface area contributed by atoms with Gasteiger partial charge in [0.1, 0.15) is 0 Å². The summed E-state index contributed by atoms with van der Waals surface area (Å²) in [5.74, 6) is -0.487. The Balaban J connectivity index is 1.68. The number of piperazine rings is 1. The lowest BCUT2D eigenvalue weighted by molar-refractivity contribution is -0.137. The molecule has 1 aliphatic heterocycles. The normalized spacial score (nSPS) is 16.6. The van der Waals surface area contributed by atoms with E-state index in [4.69, 9.17) is 0 Å². The van der Waals surface area contributed by atoms with Crippen LogP contribution < -0.4 is 0 Å². The van der Waals surface area contributed by atoms with E-state index in [1.54, 1.807) is 6.07 Å². The molecule has 2 aromatic carbocycles. The standard InChI is InChI=1S/C24H26F3N3O/c1-2-29-10-12-30(13-11-29)23(31)15-20(17-6-5-7-18(14-17)24(25,26)27)21-16-28-22-9-4-3-8-19(21)22/h3-9,14,16,20,28H,2,10-13,15H2,1H3/t20-/m1/s1. The molecule has 0 saturated carbocycles. The molecule has 1 aromatic heterocycles. The molecule has 1 atom stereocenters. The largest absolute Gasteiger partial charge is 0.416 e. The summed E-state index contributed by atoms with van der Waals surface area (Å²) in [6, 6.07) is 13.0. The number of hydrogen-bond acceptors (Lipinski definition) is 2. The number of likely N-dealkylation sites (N-methyl/N-ethyl adjacent to an activating group) is 1. The lowest BCUT2D eigenvalue weighted by atomic mass is 9.87. The van der Waals surface area contributed by atoms with Crippen LogP contribution in [0.1, 0.15) is 36.0 Å². The van der Waals surface area contributed by atoms with Gasteiger partial charge >= 0.3 is 6.18 Å². The number of alkyl halides is 3. The predicted molar refractivity (Wildman–Crippen MR) is 115 cm³/mol. The number of H-pyrrole nitrogens is 1. The summed E-state index contributed by atoms with van der Waals surface area (Å²) in [6.07, 6.45) is -2.48. The number of aromatic nitrogens is 1. The minimum atomic E-state index is -4.43. The molecule has 1 amide bonds. The summed E-state index contributed by atoms with van der Waals surface area (Å²) in [5.41, 5.74) is 1.55. The molecule has 1 saturated heterocycles. The summed E-state index contributed by atoms with van der Waals surface area (Å²) < 4.78 is 40.1. The molecule has 3 aromatic rings. The van der Waals surface area contributed by atoms with Gasteiger partial charge in [-0.1, -0.05) is 43.3 Å². The van der Waals surface area contributed by atoms with Crippen LogP contribution in [0.5, 0.6) is 0 Å². The van der Waals surface area contributed by atoms with Crippen molar-refractivity contribution < 1.29 is 18.0 Å². The molecule has 0 spiro atoms. The fraction of sp³-hybridized carbons (Fsp3) is 0.375. The average molecular weight is 429 g/mol. The van der Waals surface area contributed by atoms with Crippen molar-refractivity contribution in [2.24, 2.45) is 0 Å². The van der Waals surface area contributed by atoms with Crippen LogP contribution in [0, 0.1) is 0 Å². The van der Waals surface area contributed by atoms with E-state index in [0.29, 0.717) is 18.7 Å². The SMILES string of the molecule is CCN1CCN(C(=O)C[C@H](c2cccc(C(F)(F)F)c2)c2c[nH]c3ccccc23)CC1. The number of carbonyl (C=O) groups excluding carboxylic acids is 1. The van der Waals surface area contributed by atoms with E-state index in [-0.39, 0.29) is 12.3 Å². The summed E-state index contributed by atoms with van der Waals surface area (Å²) in [7, 11) is 0. The Labute approximate surface area is 179 Å². The Morgan fingerprint density at radius 1 is 1.06 bits per heavy atom. The molecular formula is C24H26F3N3O. The number of carbonyl (C=O) groups is 1. The third-order valence-electron chi connectivity index (χ3n) is 6.16. The summed E-state index contributed by atoms with van der Waals surface area (Å²) >= 11 is 0. The zero-order valence-corrected chi connectivity index (χ0v) is 17.5. The van der Waals surface area contributed by atoms with Crippen LogP contribution in [0.25, 0.3) is 10.9 Å². The quantitative estimate of drug-likeness (QED) is 0.628. The van der Waals surface area contributed by atoms with E-state index in [1.807, 2.05) is 35.4 Å². The molecular weight excluding hydrogens is 403 g/mol. The number of benzene rings is 2. The maximum Gasteiger partial charge on any atom is 0.416 e. The smallest absolute Gasteiger partial charge is 0.361 e. The fourth-order valence-electron chi connectivity index (χ4n) is 4.34. The summed E-state index contributed by atoms with van der Waals surface area (Å²) in [5, 5.41) is 0.925. The van der Waals surface area contributed by atoms with Gasteiger partial charge in [-0.2, -0.15) is 13.2 Å². The highest BCUT2D eigenvalue weighted by molar-refractivity contribution is 5.86. The molecule has 4 rings (SSSR count). The minimum absolute atomic E-state index is 0.0246. The third-order valence-corrected chi connectivity index (χ3v) is 6.16. The first-order chi connectivity index (χ1) is 14.9. The molecule has 0 aliphatic carbocycles. The first-order valence-corrected chi connectivity index (χ1v) is 10.6. The Morgan fingerprint density at radius 2 is 1.81 bits per heavy atom. The molecule has 31 heavy (non-hydrogen) atoms.